The van der Waals surface area contributed by atoms with Crippen molar-refractivity contribution in [3.63, 3.8) is 0 Å². The molecule has 0 saturated carbocycles. The quantitative estimate of drug-likeness (QED) is 0.442. The van der Waals surface area contributed by atoms with Crippen LogP contribution in [0.2, 0.25) is 0 Å². The monoisotopic (exact) mass is 332 g/mol. The van der Waals surface area contributed by atoms with E-state index in [4.69, 9.17) is 0 Å². The smallest absolute Gasteiger partial charge is 0.170 e. The van der Waals surface area contributed by atoms with Gasteiger partial charge in [-0.3, -0.25) is 9.59 Å². The van der Waals surface area contributed by atoms with E-state index in [-0.39, 0.29) is 35.2 Å². The van der Waals surface area contributed by atoms with Gasteiger partial charge in [0.1, 0.15) is 5.76 Å². The highest BCUT2D eigenvalue weighted by Crippen LogP contribution is 2.35. The third kappa shape index (κ3) is 4.47. The highest BCUT2D eigenvalue weighted by atomic mass is 32.2. The summed E-state index contributed by atoms with van der Waals surface area (Å²) in [6.07, 6.45) is 3.32. The molecule has 23 heavy (non-hydrogen) atoms. The number of carbonyl (C=O) groups is 2. The van der Waals surface area contributed by atoms with Crippen molar-refractivity contribution in [2.75, 3.05) is 5.75 Å². The third-order valence-corrected chi connectivity index (χ3v) is 5.26. The summed E-state index contributed by atoms with van der Waals surface area (Å²) in [5.74, 6) is 0.551. The second-order valence-corrected chi connectivity index (χ2v) is 7.07. The first-order valence-electron chi connectivity index (χ1n) is 8.28. The number of allylic oxidation sites excluding steroid dienone is 2. The van der Waals surface area contributed by atoms with E-state index in [9.17, 15) is 14.7 Å². The van der Waals surface area contributed by atoms with Crippen molar-refractivity contribution in [1.82, 2.24) is 0 Å². The molecule has 0 amide bonds. The highest BCUT2D eigenvalue weighted by molar-refractivity contribution is 7.99. The molecular formula is C19H24O3S. The minimum atomic E-state index is -0.256. The Morgan fingerprint density at radius 1 is 1.22 bits per heavy atom. The first-order chi connectivity index (χ1) is 11.1. The molecule has 2 rings (SSSR count). The van der Waals surface area contributed by atoms with Crippen molar-refractivity contribution < 1.29 is 14.7 Å². The average Bonchev–Trinajstić information content (AvgIpc) is 2.54. The number of aliphatic hydroxyl groups excluding tert-OH is 1. The van der Waals surface area contributed by atoms with Gasteiger partial charge < -0.3 is 5.11 Å². The van der Waals surface area contributed by atoms with Gasteiger partial charge in [0.05, 0.1) is 5.57 Å². The number of hydrogen-bond donors (Lipinski definition) is 1. The fourth-order valence-electron chi connectivity index (χ4n) is 2.79. The van der Waals surface area contributed by atoms with E-state index in [0.717, 1.165) is 11.3 Å². The second kappa shape index (κ2) is 8.34. The van der Waals surface area contributed by atoms with Crippen molar-refractivity contribution in [1.29, 1.82) is 0 Å². The lowest BCUT2D eigenvalue weighted by Gasteiger charge is -2.23. The van der Waals surface area contributed by atoms with E-state index in [1.807, 2.05) is 23.9 Å². The summed E-state index contributed by atoms with van der Waals surface area (Å²) < 4.78 is 0. The number of thioether (sulfide) groups is 1. The Morgan fingerprint density at radius 3 is 2.48 bits per heavy atom. The molecule has 0 radical (unpaired) electrons. The van der Waals surface area contributed by atoms with Gasteiger partial charge in [0, 0.05) is 24.2 Å². The molecule has 0 aromatic heterocycles. The molecule has 1 aromatic carbocycles. The number of Topliss-reactive ketones (excluding diaryl/α,β-unsaturated/α-hetero) is 2. The lowest BCUT2D eigenvalue weighted by molar-refractivity contribution is -0.122. The molecule has 0 saturated heterocycles. The zero-order valence-corrected chi connectivity index (χ0v) is 14.6. The summed E-state index contributed by atoms with van der Waals surface area (Å²) in [6, 6.07) is 8.22. The average molecular weight is 332 g/mol. The molecule has 0 heterocycles. The number of hydrogen-bond acceptors (Lipinski definition) is 4. The van der Waals surface area contributed by atoms with E-state index >= 15 is 0 Å². The second-order valence-electron chi connectivity index (χ2n) is 5.90. The first kappa shape index (κ1) is 17.8. The van der Waals surface area contributed by atoms with Crippen LogP contribution in [0.4, 0.5) is 0 Å². The Bertz CT molecular complexity index is 602. The van der Waals surface area contributed by atoms with E-state index in [0.29, 0.717) is 12.8 Å². The summed E-state index contributed by atoms with van der Waals surface area (Å²) >= 11 is 1.84. The molecule has 4 heteroatoms. The van der Waals surface area contributed by atoms with Crippen molar-refractivity contribution in [3.8, 4) is 0 Å². The van der Waals surface area contributed by atoms with Crippen molar-refractivity contribution in [2.24, 2.45) is 0 Å². The molecule has 0 aliphatic heterocycles. The Balaban J connectivity index is 2.08. The molecule has 1 atom stereocenters. The van der Waals surface area contributed by atoms with Crippen LogP contribution in [0.15, 0.2) is 40.5 Å². The fraction of sp³-hybridized carbons (Fsp3) is 0.474. The largest absolute Gasteiger partial charge is 0.511 e. The highest BCUT2D eigenvalue weighted by Gasteiger charge is 2.31. The Hall–Kier alpha value is -1.55. The summed E-state index contributed by atoms with van der Waals surface area (Å²) in [6.45, 7) is 3.89. The predicted octanol–water partition coefficient (Wildman–Crippen LogP) is 4.82. The standard InChI is InChI=1S/C19H24O3S/c1-3-5-10-23-15-8-6-13(7-9-15)14-11-17(21)19(16(20)4-2)18(22)12-14/h6-9,14,21H,3-5,10-12H2,1-2H3. The maximum atomic E-state index is 12.2. The minimum absolute atomic E-state index is 0.0236. The number of benzene rings is 1. The number of carbonyl (C=O) groups excluding carboxylic acids is 2. The van der Waals surface area contributed by atoms with Crippen LogP contribution in [0, 0.1) is 0 Å². The van der Waals surface area contributed by atoms with Crippen LogP contribution in [0.1, 0.15) is 57.4 Å². The summed E-state index contributed by atoms with van der Waals surface area (Å²) in [5.41, 5.74) is 1.07. The van der Waals surface area contributed by atoms with Gasteiger partial charge in [-0.1, -0.05) is 32.4 Å². The molecular weight excluding hydrogens is 308 g/mol. The van der Waals surface area contributed by atoms with Crippen LogP contribution < -0.4 is 0 Å². The van der Waals surface area contributed by atoms with Crippen LogP contribution in [-0.2, 0) is 9.59 Å². The van der Waals surface area contributed by atoms with E-state index in [1.165, 1.54) is 17.7 Å². The Labute approximate surface area is 142 Å². The third-order valence-electron chi connectivity index (χ3n) is 4.16. The van der Waals surface area contributed by atoms with Crippen LogP contribution >= 0.6 is 11.8 Å². The van der Waals surface area contributed by atoms with Gasteiger partial charge in [-0.2, -0.15) is 0 Å². The van der Waals surface area contributed by atoms with Crippen molar-refractivity contribution >= 4 is 23.3 Å². The van der Waals surface area contributed by atoms with Gasteiger partial charge in [-0.15, -0.1) is 11.8 Å². The molecule has 1 N–H and O–H groups in total. The molecule has 0 spiro atoms. The summed E-state index contributed by atoms with van der Waals surface area (Å²) in [7, 11) is 0. The lowest BCUT2D eigenvalue weighted by Crippen LogP contribution is -2.23. The molecule has 1 aromatic rings. The Kier molecular flexibility index (Phi) is 6.46. The summed E-state index contributed by atoms with van der Waals surface area (Å²) in [4.78, 5) is 25.2. The van der Waals surface area contributed by atoms with Gasteiger partial charge in [-0.25, -0.2) is 0 Å². The van der Waals surface area contributed by atoms with Crippen LogP contribution in [0.25, 0.3) is 0 Å². The lowest BCUT2D eigenvalue weighted by atomic mass is 9.81. The normalized spacial score (nSPS) is 18.3. The van der Waals surface area contributed by atoms with E-state index in [1.54, 1.807) is 6.92 Å². The minimum Gasteiger partial charge on any atom is -0.511 e. The van der Waals surface area contributed by atoms with Gasteiger partial charge >= 0.3 is 0 Å². The topological polar surface area (TPSA) is 54.4 Å². The molecule has 1 aliphatic carbocycles. The molecule has 124 valence electrons. The molecule has 0 bridgehead atoms. The zero-order valence-electron chi connectivity index (χ0n) is 13.8. The number of aliphatic hydroxyl groups is 1. The van der Waals surface area contributed by atoms with Crippen molar-refractivity contribution in [2.45, 2.75) is 56.8 Å². The SMILES string of the molecule is CCCCSc1ccc(C2CC(=O)C(C(=O)CC)=C(O)C2)cc1. The number of unbranched alkanes of at least 4 members (excludes halogenated alkanes) is 1. The Morgan fingerprint density at radius 2 is 1.91 bits per heavy atom. The fourth-order valence-corrected chi connectivity index (χ4v) is 3.79. The summed E-state index contributed by atoms with van der Waals surface area (Å²) in [5, 5.41) is 10.1. The molecule has 3 nitrogen and oxygen atoms in total. The van der Waals surface area contributed by atoms with Crippen LogP contribution in [0.5, 0.6) is 0 Å². The number of rotatable bonds is 7. The maximum Gasteiger partial charge on any atom is 0.170 e. The molecule has 1 aliphatic rings. The van der Waals surface area contributed by atoms with Gasteiger partial charge in [-0.05, 0) is 35.8 Å². The molecule has 1 unspecified atom stereocenters. The van der Waals surface area contributed by atoms with Gasteiger partial charge in [0.25, 0.3) is 0 Å². The molecule has 0 fully saturated rings. The number of ketones is 2. The zero-order chi connectivity index (χ0) is 16.8. The van der Waals surface area contributed by atoms with Gasteiger partial charge in [0.15, 0.2) is 11.6 Å². The van der Waals surface area contributed by atoms with E-state index in [2.05, 4.69) is 19.1 Å². The predicted molar refractivity (Wildman–Crippen MR) is 94.0 cm³/mol. The first-order valence-corrected chi connectivity index (χ1v) is 9.26. The maximum absolute atomic E-state index is 12.2. The van der Waals surface area contributed by atoms with Gasteiger partial charge in [0.2, 0.25) is 0 Å². The van der Waals surface area contributed by atoms with Crippen LogP contribution in [-0.4, -0.2) is 22.4 Å². The van der Waals surface area contributed by atoms with Crippen LogP contribution in [0.3, 0.4) is 0 Å². The van der Waals surface area contributed by atoms with E-state index < -0.39 is 0 Å². The van der Waals surface area contributed by atoms with Crippen molar-refractivity contribution in [3.05, 3.63) is 41.2 Å².